The number of carbonyl (C=O) groups is 1. The second-order valence-electron chi connectivity index (χ2n) is 6.97. The number of hydrogen-bond acceptors (Lipinski definition) is 6. The molecule has 1 aromatic carbocycles. The fourth-order valence-corrected chi connectivity index (χ4v) is 4.18. The van der Waals surface area contributed by atoms with Gasteiger partial charge in [-0.15, -0.1) is 10.2 Å². The van der Waals surface area contributed by atoms with Crippen molar-refractivity contribution < 1.29 is 9.53 Å². The zero-order valence-corrected chi connectivity index (χ0v) is 19.2. The number of benzene rings is 1. The molecule has 1 amide bonds. The lowest BCUT2D eigenvalue weighted by molar-refractivity contribution is -0.113. The minimum Gasteiger partial charge on any atom is -0.378 e. The van der Waals surface area contributed by atoms with Crippen molar-refractivity contribution in [2.45, 2.75) is 25.5 Å². The number of thioether (sulfide) groups is 1. The van der Waals surface area contributed by atoms with E-state index < -0.39 is 0 Å². The number of rotatable bonds is 7. The quantitative estimate of drug-likeness (QED) is 0.468. The molecule has 1 aromatic heterocycles. The summed E-state index contributed by atoms with van der Waals surface area (Å²) in [5.41, 5.74) is 0.421. The van der Waals surface area contributed by atoms with Gasteiger partial charge in [0.25, 0.3) is 0 Å². The molecule has 3 rings (SSSR count). The summed E-state index contributed by atoms with van der Waals surface area (Å²) in [5, 5.41) is 13.1. The Balaban J connectivity index is 1.68. The van der Waals surface area contributed by atoms with Crippen LogP contribution in [0.4, 0.5) is 11.6 Å². The van der Waals surface area contributed by atoms with Crippen LogP contribution in [0, 0.1) is 5.92 Å². The third kappa shape index (κ3) is 5.92. The molecule has 1 fully saturated rings. The van der Waals surface area contributed by atoms with E-state index in [1.165, 1.54) is 23.9 Å². The summed E-state index contributed by atoms with van der Waals surface area (Å²) in [4.78, 5) is 14.6. The molecule has 2 aromatic rings. The van der Waals surface area contributed by atoms with Gasteiger partial charge < -0.3 is 15.0 Å². The highest BCUT2D eigenvalue weighted by Gasteiger charge is 2.22. The maximum Gasteiger partial charge on any atom is 0.234 e. The summed E-state index contributed by atoms with van der Waals surface area (Å²) in [6.45, 7) is 7.93. The summed E-state index contributed by atoms with van der Waals surface area (Å²) in [6.07, 6.45) is 0. The standard InChI is InChI=1S/C18H22Cl3N5O2S/c1-11(2)9-26-17(25-3-5-28-6-4-25)23-24-18(26)29-10-16(27)22-15-8-13(20)12(19)7-14(15)21/h7-8,11H,3-6,9-10H2,1-2H3,(H,22,27). The molecule has 7 nitrogen and oxygen atoms in total. The third-order valence-electron chi connectivity index (χ3n) is 4.16. The number of carbonyl (C=O) groups excluding carboxylic acids is 1. The molecule has 1 aliphatic heterocycles. The molecule has 0 bridgehead atoms. The first-order valence-corrected chi connectivity index (χ1v) is 11.3. The van der Waals surface area contributed by atoms with E-state index in [-0.39, 0.29) is 11.7 Å². The van der Waals surface area contributed by atoms with Gasteiger partial charge in [0.2, 0.25) is 11.9 Å². The van der Waals surface area contributed by atoms with Gasteiger partial charge in [0.1, 0.15) is 0 Å². The lowest BCUT2D eigenvalue weighted by Gasteiger charge is -2.28. The lowest BCUT2D eigenvalue weighted by Crippen LogP contribution is -2.38. The predicted octanol–water partition coefficient (Wildman–Crippen LogP) is 4.46. The highest BCUT2D eigenvalue weighted by Crippen LogP contribution is 2.32. The van der Waals surface area contributed by atoms with E-state index >= 15 is 0 Å². The van der Waals surface area contributed by atoms with Crippen molar-refractivity contribution >= 4 is 64.1 Å². The van der Waals surface area contributed by atoms with Crippen LogP contribution in [0.5, 0.6) is 0 Å². The molecule has 0 aliphatic carbocycles. The Hall–Kier alpha value is -1.19. The normalized spacial score (nSPS) is 14.5. The first-order chi connectivity index (χ1) is 13.8. The summed E-state index contributed by atoms with van der Waals surface area (Å²) in [6, 6.07) is 3.04. The Morgan fingerprint density at radius 2 is 1.86 bits per heavy atom. The summed E-state index contributed by atoms with van der Waals surface area (Å²) >= 11 is 19.4. The van der Waals surface area contributed by atoms with E-state index in [1.54, 1.807) is 0 Å². The van der Waals surface area contributed by atoms with Gasteiger partial charge in [-0.05, 0) is 18.1 Å². The Morgan fingerprint density at radius 3 is 2.55 bits per heavy atom. The fourth-order valence-electron chi connectivity index (χ4n) is 2.84. The van der Waals surface area contributed by atoms with Crippen molar-refractivity contribution in [1.29, 1.82) is 0 Å². The molecule has 0 unspecified atom stereocenters. The van der Waals surface area contributed by atoms with Gasteiger partial charge in [-0.25, -0.2) is 0 Å². The van der Waals surface area contributed by atoms with Crippen LogP contribution in [-0.4, -0.2) is 52.7 Å². The number of nitrogens with one attached hydrogen (secondary N) is 1. The van der Waals surface area contributed by atoms with Gasteiger partial charge in [-0.3, -0.25) is 9.36 Å². The van der Waals surface area contributed by atoms with E-state index in [0.29, 0.717) is 45.0 Å². The van der Waals surface area contributed by atoms with Crippen LogP contribution in [0.3, 0.4) is 0 Å². The molecule has 29 heavy (non-hydrogen) atoms. The SMILES string of the molecule is CC(C)Cn1c(SCC(=O)Nc2cc(Cl)c(Cl)cc2Cl)nnc1N1CCOCC1. The zero-order chi connectivity index (χ0) is 21.0. The second kappa shape index (κ2) is 10.2. The van der Waals surface area contributed by atoms with E-state index in [4.69, 9.17) is 39.5 Å². The molecule has 1 N–H and O–H groups in total. The topological polar surface area (TPSA) is 72.3 Å². The predicted molar refractivity (Wildman–Crippen MR) is 119 cm³/mol. The van der Waals surface area contributed by atoms with Crippen LogP contribution < -0.4 is 10.2 Å². The molecular weight excluding hydrogens is 457 g/mol. The Morgan fingerprint density at radius 1 is 1.17 bits per heavy atom. The number of ether oxygens (including phenoxy) is 1. The van der Waals surface area contributed by atoms with Crippen LogP contribution >= 0.6 is 46.6 Å². The average molecular weight is 479 g/mol. The van der Waals surface area contributed by atoms with Gasteiger partial charge >= 0.3 is 0 Å². The monoisotopic (exact) mass is 477 g/mol. The molecule has 2 heterocycles. The Labute approximate surface area is 189 Å². The Bertz CT molecular complexity index is 871. The molecule has 0 radical (unpaired) electrons. The molecular formula is C18H22Cl3N5O2S. The maximum atomic E-state index is 12.4. The van der Waals surface area contributed by atoms with Crippen molar-refractivity contribution in [3.05, 3.63) is 27.2 Å². The molecule has 11 heteroatoms. The second-order valence-corrected chi connectivity index (χ2v) is 9.13. The van der Waals surface area contributed by atoms with Crippen LogP contribution in [0.15, 0.2) is 17.3 Å². The number of anilines is 2. The van der Waals surface area contributed by atoms with E-state index in [1.807, 2.05) is 0 Å². The summed E-state index contributed by atoms with van der Waals surface area (Å²) in [7, 11) is 0. The van der Waals surface area contributed by atoms with E-state index in [0.717, 1.165) is 25.6 Å². The fraction of sp³-hybridized carbons (Fsp3) is 0.500. The first kappa shape index (κ1) is 22.5. The molecule has 1 aliphatic rings. The molecule has 1 saturated heterocycles. The van der Waals surface area contributed by atoms with Gasteiger partial charge in [0.05, 0.1) is 39.7 Å². The lowest BCUT2D eigenvalue weighted by atomic mass is 10.2. The largest absolute Gasteiger partial charge is 0.378 e. The van der Waals surface area contributed by atoms with Crippen molar-refractivity contribution in [2.75, 3.05) is 42.3 Å². The number of amides is 1. The van der Waals surface area contributed by atoms with Gasteiger partial charge in [0.15, 0.2) is 5.16 Å². The molecule has 158 valence electrons. The number of hydrogen-bond donors (Lipinski definition) is 1. The number of nitrogens with zero attached hydrogens (tertiary/aromatic N) is 4. The maximum absolute atomic E-state index is 12.4. The summed E-state index contributed by atoms with van der Waals surface area (Å²) < 4.78 is 7.49. The molecule has 0 atom stereocenters. The van der Waals surface area contributed by atoms with Gasteiger partial charge in [-0.2, -0.15) is 0 Å². The molecule has 0 saturated carbocycles. The van der Waals surface area contributed by atoms with Crippen LogP contribution in [-0.2, 0) is 16.1 Å². The first-order valence-electron chi connectivity index (χ1n) is 9.18. The smallest absolute Gasteiger partial charge is 0.234 e. The highest BCUT2D eigenvalue weighted by molar-refractivity contribution is 7.99. The van der Waals surface area contributed by atoms with E-state index in [9.17, 15) is 4.79 Å². The van der Waals surface area contributed by atoms with Crippen molar-refractivity contribution in [3.63, 3.8) is 0 Å². The number of morpholine rings is 1. The van der Waals surface area contributed by atoms with Crippen LogP contribution in [0.2, 0.25) is 15.1 Å². The highest BCUT2D eigenvalue weighted by atomic mass is 35.5. The average Bonchev–Trinajstić information content (AvgIpc) is 3.07. The minimum atomic E-state index is -0.220. The van der Waals surface area contributed by atoms with Crippen molar-refractivity contribution in [1.82, 2.24) is 14.8 Å². The van der Waals surface area contributed by atoms with Crippen LogP contribution in [0.25, 0.3) is 0 Å². The van der Waals surface area contributed by atoms with Crippen molar-refractivity contribution in [2.24, 2.45) is 5.92 Å². The minimum absolute atomic E-state index is 0.163. The molecule has 0 spiro atoms. The summed E-state index contributed by atoms with van der Waals surface area (Å²) in [5.74, 6) is 1.17. The van der Waals surface area contributed by atoms with Crippen LogP contribution in [0.1, 0.15) is 13.8 Å². The van der Waals surface area contributed by atoms with Crippen molar-refractivity contribution in [3.8, 4) is 0 Å². The Kier molecular flexibility index (Phi) is 7.92. The van der Waals surface area contributed by atoms with Gasteiger partial charge in [-0.1, -0.05) is 60.4 Å². The number of aromatic nitrogens is 3. The van der Waals surface area contributed by atoms with E-state index in [2.05, 4.69) is 38.8 Å². The van der Waals surface area contributed by atoms with Gasteiger partial charge in [0, 0.05) is 19.6 Å². The zero-order valence-electron chi connectivity index (χ0n) is 16.1. The number of halogens is 3. The third-order valence-corrected chi connectivity index (χ3v) is 6.16.